The van der Waals surface area contributed by atoms with Crippen molar-refractivity contribution in [2.45, 2.75) is 52.2 Å². The highest BCUT2D eigenvalue weighted by Crippen LogP contribution is 2.47. The molecule has 0 saturated heterocycles. The summed E-state index contributed by atoms with van der Waals surface area (Å²) >= 11 is 0. The fourth-order valence-electron chi connectivity index (χ4n) is 1.27. The standard InChI is InChI=1S/C11H21NO3/c1-10(2,3)15-9(14)12-7-8(13)11(4)5-6-11/h8,13H,5-7H2,1-4H3,(H,12,14). The summed E-state index contributed by atoms with van der Waals surface area (Å²) in [7, 11) is 0. The molecule has 15 heavy (non-hydrogen) atoms. The van der Waals surface area contributed by atoms with Gasteiger partial charge in [-0.2, -0.15) is 0 Å². The lowest BCUT2D eigenvalue weighted by Crippen LogP contribution is -2.39. The molecule has 0 aromatic carbocycles. The summed E-state index contributed by atoms with van der Waals surface area (Å²) in [6.07, 6.45) is 1.13. The maximum absolute atomic E-state index is 11.3. The first kappa shape index (κ1) is 12.3. The molecule has 0 aliphatic heterocycles. The largest absolute Gasteiger partial charge is 0.444 e. The molecule has 1 amide bonds. The molecule has 1 saturated carbocycles. The van der Waals surface area contributed by atoms with E-state index >= 15 is 0 Å². The number of rotatable bonds is 3. The topological polar surface area (TPSA) is 58.6 Å². The van der Waals surface area contributed by atoms with E-state index in [2.05, 4.69) is 5.32 Å². The number of hydrogen-bond donors (Lipinski definition) is 2. The Morgan fingerprint density at radius 2 is 2.07 bits per heavy atom. The first-order chi connectivity index (χ1) is 6.73. The monoisotopic (exact) mass is 215 g/mol. The van der Waals surface area contributed by atoms with E-state index in [1.165, 1.54) is 0 Å². The quantitative estimate of drug-likeness (QED) is 0.753. The van der Waals surface area contributed by atoms with Crippen LogP contribution in [0.2, 0.25) is 0 Å². The molecular weight excluding hydrogens is 194 g/mol. The Hall–Kier alpha value is -0.770. The highest BCUT2D eigenvalue weighted by molar-refractivity contribution is 5.67. The van der Waals surface area contributed by atoms with Crippen molar-refractivity contribution in [2.75, 3.05) is 6.54 Å². The van der Waals surface area contributed by atoms with Gasteiger partial charge in [0.25, 0.3) is 0 Å². The number of ether oxygens (including phenoxy) is 1. The molecule has 0 aromatic rings. The van der Waals surface area contributed by atoms with E-state index in [0.29, 0.717) is 0 Å². The zero-order valence-corrected chi connectivity index (χ0v) is 9.96. The van der Waals surface area contributed by atoms with Crippen LogP contribution in [0.3, 0.4) is 0 Å². The highest BCUT2D eigenvalue weighted by Gasteiger charge is 2.44. The van der Waals surface area contributed by atoms with Crippen LogP contribution < -0.4 is 5.32 Å². The van der Waals surface area contributed by atoms with Crippen LogP contribution in [0.15, 0.2) is 0 Å². The molecule has 1 unspecified atom stereocenters. The van der Waals surface area contributed by atoms with E-state index in [9.17, 15) is 9.90 Å². The summed E-state index contributed by atoms with van der Waals surface area (Å²) in [4.78, 5) is 11.3. The van der Waals surface area contributed by atoms with Crippen LogP contribution in [-0.2, 0) is 4.74 Å². The van der Waals surface area contributed by atoms with Crippen molar-refractivity contribution in [3.8, 4) is 0 Å². The van der Waals surface area contributed by atoms with Crippen molar-refractivity contribution in [1.29, 1.82) is 0 Å². The van der Waals surface area contributed by atoms with E-state index in [4.69, 9.17) is 4.74 Å². The fourth-order valence-corrected chi connectivity index (χ4v) is 1.27. The Balaban J connectivity index is 2.22. The molecule has 0 radical (unpaired) electrons. The Labute approximate surface area is 91.0 Å². The number of aliphatic hydroxyl groups excluding tert-OH is 1. The Morgan fingerprint density at radius 3 is 2.47 bits per heavy atom. The first-order valence-electron chi connectivity index (χ1n) is 5.38. The maximum Gasteiger partial charge on any atom is 0.407 e. The number of hydrogen-bond acceptors (Lipinski definition) is 3. The summed E-state index contributed by atoms with van der Waals surface area (Å²) in [6, 6.07) is 0. The number of carbonyl (C=O) groups is 1. The minimum absolute atomic E-state index is 0.00894. The lowest BCUT2D eigenvalue weighted by molar-refractivity contribution is 0.0447. The van der Waals surface area contributed by atoms with Crippen LogP contribution in [0.4, 0.5) is 4.79 Å². The van der Waals surface area contributed by atoms with Crippen LogP contribution in [-0.4, -0.2) is 29.4 Å². The second-order valence-electron chi connectivity index (χ2n) is 5.55. The van der Waals surface area contributed by atoms with Gasteiger partial charge in [-0.15, -0.1) is 0 Å². The third-order valence-corrected chi connectivity index (χ3v) is 2.68. The zero-order chi connectivity index (χ0) is 11.7. The molecule has 1 aliphatic rings. The van der Waals surface area contributed by atoms with Gasteiger partial charge in [0, 0.05) is 6.54 Å². The third-order valence-electron chi connectivity index (χ3n) is 2.68. The summed E-state index contributed by atoms with van der Waals surface area (Å²) in [5, 5.41) is 12.3. The Bertz CT molecular complexity index is 241. The molecule has 4 nitrogen and oxygen atoms in total. The second-order valence-corrected chi connectivity index (χ2v) is 5.55. The van der Waals surface area contributed by atoms with Crippen molar-refractivity contribution in [2.24, 2.45) is 5.41 Å². The number of carbonyl (C=O) groups excluding carboxylic acids is 1. The van der Waals surface area contributed by atoms with Gasteiger partial charge in [0.15, 0.2) is 0 Å². The predicted octanol–water partition coefficient (Wildman–Crippen LogP) is 1.67. The highest BCUT2D eigenvalue weighted by atomic mass is 16.6. The average Bonchev–Trinajstić information content (AvgIpc) is 2.77. The van der Waals surface area contributed by atoms with E-state index < -0.39 is 17.8 Å². The number of amides is 1. The molecule has 0 aromatic heterocycles. The molecule has 0 bridgehead atoms. The molecular formula is C11H21NO3. The van der Waals surface area contributed by atoms with Gasteiger partial charge < -0.3 is 15.2 Å². The van der Waals surface area contributed by atoms with Gasteiger partial charge in [0.2, 0.25) is 0 Å². The molecule has 4 heteroatoms. The van der Waals surface area contributed by atoms with E-state index in [-0.39, 0.29) is 12.0 Å². The van der Waals surface area contributed by atoms with Crippen molar-refractivity contribution < 1.29 is 14.6 Å². The SMILES string of the molecule is CC(C)(C)OC(=O)NCC(O)C1(C)CC1. The van der Waals surface area contributed by atoms with E-state index in [0.717, 1.165) is 12.8 Å². The van der Waals surface area contributed by atoms with Crippen LogP contribution >= 0.6 is 0 Å². The summed E-state index contributed by atoms with van der Waals surface area (Å²) in [5.74, 6) is 0. The van der Waals surface area contributed by atoms with Gasteiger partial charge in [-0.05, 0) is 39.0 Å². The lowest BCUT2D eigenvalue weighted by Gasteiger charge is -2.22. The van der Waals surface area contributed by atoms with Gasteiger partial charge in [-0.3, -0.25) is 0 Å². The van der Waals surface area contributed by atoms with Crippen molar-refractivity contribution in [1.82, 2.24) is 5.32 Å². The number of nitrogens with one attached hydrogen (secondary N) is 1. The van der Waals surface area contributed by atoms with Gasteiger partial charge in [-0.1, -0.05) is 6.92 Å². The molecule has 1 rings (SSSR count). The van der Waals surface area contributed by atoms with Gasteiger partial charge in [0.1, 0.15) is 5.60 Å². The molecule has 2 N–H and O–H groups in total. The molecule has 1 atom stereocenters. The predicted molar refractivity (Wildman–Crippen MR) is 57.6 cm³/mol. The van der Waals surface area contributed by atoms with Crippen LogP contribution in [0.5, 0.6) is 0 Å². The average molecular weight is 215 g/mol. The second kappa shape index (κ2) is 4.00. The first-order valence-corrected chi connectivity index (χ1v) is 5.38. The number of aliphatic hydroxyl groups is 1. The van der Waals surface area contributed by atoms with Crippen LogP contribution in [0, 0.1) is 5.41 Å². The summed E-state index contributed by atoms with van der Waals surface area (Å²) in [6.45, 7) is 7.72. The molecule has 88 valence electrons. The van der Waals surface area contributed by atoms with E-state index in [1.54, 1.807) is 0 Å². The maximum atomic E-state index is 11.3. The normalized spacial score (nSPS) is 20.6. The minimum Gasteiger partial charge on any atom is -0.444 e. The number of alkyl carbamates (subject to hydrolysis) is 1. The van der Waals surface area contributed by atoms with Crippen molar-refractivity contribution >= 4 is 6.09 Å². The summed E-state index contributed by atoms with van der Waals surface area (Å²) in [5.41, 5.74) is -0.479. The van der Waals surface area contributed by atoms with E-state index in [1.807, 2.05) is 27.7 Å². The lowest BCUT2D eigenvalue weighted by atomic mass is 10.0. The zero-order valence-electron chi connectivity index (χ0n) is 9.96. The molecule has 0 heterocycles. The molecule has 0 spiro atoms. The molecule has 1 fully saturated rings. The fraction of sp³-hybridized carbons (Fsp3) is 0.909. The Kier molecular flexibility index (Phi) is 3.28. The van der Waals surface area contributed by atoms with Gasteiger partial charge >= 0.3 is 6.09 Å². The minimum atomic E-state index is -0.488. The van der Waals surface area contributed by atoms with Crippen LogP contribution in [0.25, 0.3) is 0 Å². The van der Waals surface area contributed by atoms with Crippen molar-refractivity contribution in [3.05, 3.63) is 0 Å². The van der Waals surface area contributed by atoms with Crippen molar-refractivity contribution in [3.63, 3.8) is 0 Å². The summed E-state index contributed by atoms with van der Waals surface area (Å²) < 4.78 is 5.06. The van der Waals surface area contributed by atoms with Crippen LogP contribution in [0.1, 0.15) is 40.5 Å². The smallest absolute Gasteiger partial charge is 0.407 e. The van der Waals surface area contributed by atoms with Gasteiger partial charge in [0.05, 0.1) is 6.10 Å². The third kappa shape index (κ3) is 4.08. The molecule has 1 aliphatic carbocycles. The van der Waals surface area contributed by atoms with Gasteiger partial charge in [-0.25, -0.2) is 4.79 Å². The Morgan fingerprint density at radius 1 is 1.53 bits per heavy atom.